The maximum atomic E-state index is 6.03. The van der Waals surface area contributed by atoms with E-state index in [0.717, 1.165) is 40.2 Å². The van der Waals surface area contributed by atoms with Gasteiger partial charge in [0.05, 0.1) is 11.6 Å². The highest BCUT2D eigenvalue weighted by Crippen LogP contribution is 2.37. The summed E-state index contributed by atoms with van der Waals surface area (Å²) < 4.78 is 12.5. The normalized spacial score (nSPS) is 10.3. The lowest BCUT2D eigenvalue weighted by Gasteiger charge is -2.15. The summed E-state index contributed by atoms with van der Waals surface area (Å²) in [6.45, 7) is 6.26. The molecule has 0 radical (unpaired) electrons. The molecule has 0 atom stereocenters. The Labute approximate surface area is 188 Å². The Bertz CT molecular complexity index is 911. The van der Waals surface area contributed by atoms with Crippen molar-refractivity contribution in [1.82, 2.24) is 5.32 Å². The molecule has 0 aliphatic heterocycles. The molecule has 0 spiro atoms. The van der Waals surface area contributed by atoms with Crippen molar-refractivity contribution in [2.75, 3.05) is 7.11 Å². The molecule has 1 N–H and O–H groups in total. The van der Waals surface area contributed by atoms with Gasteiger partial charge >= 0.3 is 0 Å². The minimum atomic E-state index is 0. The van der Waals surface area contributed by atoms with Crippen molar-refractivity contribution in [1.29, 1.82) is 0 Å². The number of hydrogen-bond donors (Lipinski definition) is 1. The van der Waals surface area contributed by atoms with Gasteiger partial charge in [-0.1, -0.05) is 59.7 Å². The first kappa shape index (κ1) is 23.3. The zero-order valence-electron chi connectivity index (χ0n) is 17.0. The third-order valence-corrected chi connectivity index (χ3v) is 5.16. The molecular formula is C24H27BrClNO2. The van der Waals surface area contributed by atoms with Gasteiger partial charge in [0, 0.05) is 13.1 Å². The lowest BCUT2D eigenvalue weighted by Crippen LogP contribution is -2.13. The number of methoxy groups -OCH3 is 1. The van der Waals surface area contributed by atoms with Gasteiger partial charge in [0.1, 0.15) is 6.61 Å². The first-order chi connectivity index (χ1) is 13.5. The number of ether oxygens (including phenoxy) is 2. The fraction of sp³-hybridized carbons (Fsp3) is 0.250. The number of aryl methyl sites for hydroxylation is 2. The number of nitrogens with one attached hydrogen (secondary N) is 1. The van der Waals surface area contributed by atoms with Gasteiger partial charge in [0.15, 0.2) is 11.5 Å². The van der Waals surface area contributed by atoms with Gasteiger partial charge in [-0.2, -0.15) is 0 Å². The largest absolute Gasteiger partial charge is 0.493 e. The lowest BCUT2D eigenvalue weighted by atomic mass is 10.1. The van der Waals surface area contributed by atoms with Gasteiger partial charge in [0.25, 0.3) is 0 Å². The summed E-state index contributed by atoms with van der Waals surface area (Å²) in [5.74, 6) is 1.46. The second kappa shape index (κ2) is 11.2. The molecule has 0 aliphatic rings. The zero-order chi connectivity index (χ0) is 19.9. The quantitative estimate of drug-likeness (QED) is 0.410. The monoisotopic (exact) mass is 475 g/mol. The number of hydrogen-bond acceptors (Lipinski definition) is 3. The summed E-state index contributed by atoms with van der Waals surface area (Å²) in [6.07, 6.45) is 0. The molecular weight excluding hydrogens is 450 g/mol. The smallest absolute Gasteiger partial charge is 0.175 e. The van der Waals surface area contributed by atoms with Gasteiger partial charge in [-0.25, -0.2) is 0 Å². The molecule has 3 nitrogen and oxygen atoms in total. The van der Waals surface area contributed by atoms with Crippen LogP contribution < -0.4 is 14.8 Å². The molecule has 3 rings (SSSR count). The second-order valence-electron chi connectivity index (χ2n) is 6.97. The highest BCUT2D eigenvalue weighted by atomic mass is 79.9. The summed E-state index contributed by atoms with van der Waals surface area (Å²) >= 11 is 3.64. The molecule has 5 heteroatoms. The second-order valence-corrected chi connectivity index (χ2v) is 7.83. The van der Waals surface area contributed by atoms with E-state index in [9.17, 15) is 0 Å². The Balaban J connectivity index is 0.00000300. The summed E-state index contributed by atoms with van der Waals surface area (Å²) in [4.78, 5) is 0. The Kier molecular flexibility index (Phi) is 9.02. The summed E-state index contributed by atoms with van der Waals surface area (Å²) in [5.41, 5.74) is 6.06. The van der Waals surface area contributed by atoms with Crippen molar-refractivity contribution in [2.24, 2.45) is 0 Å². The van der Waals surface area contributed by atoms with Gasteiger partial charge in [-0.05, 0) is 58.6 Å². The van der Waals surface area contributed by atoms with Crippen LogP contribution in [0.15, 0.2) is 65.1 Å². The standard InChI is InChI=1S/C24H26BrNO2.ClH/c1-17-4-8-19(9-5-17)14-26-15-21-12-22(25)24(23(13-21)27-3)28-16-20-10-6-18(2)7-11-20;/h4-13,26H,14-16H2,1-3H3;1H. The fourth-order valence-corrected chi connectivity index (χ4v) is 3.52. The van der Waals surface area contributed by atoms with Crippen molar-refractivity contribution in [3.8, 4) is 11.5 Å². The van der Waals surface area contributed by atoms with E-state index >= 15 is 0 Å². The van der Waals surface area contributed by atoms with Crippen LogP contribution in [0, 0.1) is 13.8 Å². The van der Waals surface area contributed by atoms with Crippen LogP contribution in [0.2, 0.25) is 0 Å². The van der Waals surface area contributed by atoms with Crippen LogP contribution in [-0.2, 0) is 19.7 Å². The number of benzene rings is 3. The molecule has 0 saturated heterocycles. The molecule has 0 saturated carbocycles. The number of halogens is 2. The van der Waals surface area contributed by atoms with E-state index in [1.165, 1.54) is 16.7 Å². The topological polar surface area (TPSA) is 30.5 Å². The lowest BCUT2D eigenvalue weighted by molar-refractivity contribution is 0.282. The zero-order valence-corrected chi connectivity index (χ0v) is 19.4. The predicted molar refractivity (Wildman–Crippen MR) is 125 cm³/mol. The summed E-state index contributed by atoms with van der Waals surface area (Å²) in [7, 11) is 1.67. The molecule has 0 unspecified atom stereocenters. The van der Waals surface area contributed by atoms with E-state index in [2.05, 4.69) is 89.7 Å². The summed E-state index contributed by atoms with van der Waals surface area (Å²) in [5, 5.41) is 3.48. The van der Waals surface area contributed by atoms with E-state index in [0.29, 0.717) is 6.61 Å². The van der Waals surface area contributed by atoms with Crippen molar-refractivity contribution in [3.63, 3.8) is 0 Å². The summed E-state index contributed by atoms with van der Waals surface area (Å²) in [6, 6.07) is 21.0. The van der Waals surface area contributed by atoms with Crippen LogP contribution in [0.5, 0.6) is 11.5 Å². The maximum Gasteiger partial charge on any atom is 0.175 e. The van der Waals surface area contributed by atoms with E-state index in [1.54, 1.807) is 7.11 Å². The van der Waals surface area contributed by atoms with Crippen LogP contribution >= 0.6 is 28.3 Å². The van der Waals surface area contributed by atoms with E-state index < -0.39 is 0 Å². The Hall–Kier alpha value is -2.01. The molecule has 0 bridgehead atoms. The highest BCUT2D eigenvalue weighted by Gasteiger charge is 2.12. The molecule has 29 heavy (non-hydrogen) atoms. The van der Waals surface area contributed by atoms with Gasteiger partial charge < -0.3 is 14.8 Å². The molecule has 3 aromatic carbocycles. The molecule has 0 heterocycles. The first-order valence-electron chi connectivity index (χ1n) is 9.36. The third kappa shape index (κ3) is 6.77. The van der Waals surface area contributed by atoms with Crippen LogP contribution in [0.25, 0.3) is 0 Å². The average Bonchev–Trinajstić information content (AvgIpc) is 2.69. The molecule has 154 valence electrons. The van der Waals surface area contributed by atoms with Crippen LogP contribution in [-0.4, -0.2) is 7.11 Å². The van der Waals surface area contributed by atoms with Crippen LogP contribution in [0.1, 0.15) is 27.8 Å². The molecule has 0 aromatic heterocycles. The highest BCUT2D eigenvalue weighted by molar-refractivity contribution is 9.10. The molecule has 0 fully saturated rings. The van der Waals surface area contributed by atoms with E-state index in [1.807, 2.05) is 6.07 Å². The van der Waals surface area contributed by atoms with Gasteiger partial charge in [-0.3, -0.25) is 0 Å². The first-order valence-corrected chi connectivity index (χ1v) is 10.2. The van der Waals surface area contributed by atoms with Gasteiger partial charge in [-0.15, -0.1) is 12.4 Å². The predicted octanol–water partition coefficient (Wildman–Crippen LogP) is 6.37. The maximum absolute atomic E-state index is 6.03. The Morgan fingerprint density at radius 2 is 1.34 bits per heavy atom. The Morgan fingerprint density at radius 1 is 0.793 bits per heavy atom. The minimum absolute atomic E-state index is 0. The van der Waals surface area contributed by atoms with Gasteiger partial charge in [0.2, 0.25) is 0 Å². The van der Waals surface area contributed by atoms with Crippen molar-refractivity contribution >= 4 is 28.3 Å². The van der Waals surface area contributed by atoms with E-state index in [-0.39, 0.29) is 12.4 Å². The van der Waals surface area contributed by atoms with E-state index in [4.69, 9.17) is 9.47 Å². The van der Waals surface area contributed by atoms with Crippen LogP contribution in [0.3, 0.4) is 0 Å². The number of rotatable bonds is 8. The molecule has 0 amide bonds. The molecule has 0 aliphatic carbocycles. The minimum Gasteiger partial charge on any atom is -0.493 e. The fourth-order valence-electron chi connectivity index (χ4n) is 2.91. The van der Waals surface area contributed by atoms with Crippen molar-refractivity contribution in [3.05, 3.63) is 93.0 Å². The SMILES string of the molecule is COc1cc(CNCc2ccc(C)cc2)cc(Br)c1OCc1ccc(C)cc1.Cl. The average molecular weight is 477 g/mol. The van der Waals surface area contributed by atoms with Crippen molar-refractivity contribution in [2.45, 2.75) is 33.5 Å². The Morgan fingerprint density at radius 3 is 1.93 bits per heavy atom. The van der Waals surface area contributed by atoms with Crippen LogP contribution in [0.4, 0.5) is 0 Å². The molecule has 3 aromatic rings. The third-order valence-electron chi connectivity index (χ3n) is 4.57. The van der Waals surface area contributed by atoms with Crippen molar-refractivity contribution < 1.29 is 9.47 Å².